The SMILES string of the molecule is CCCCn1c(SCC(=O)Nc2nonc2C)nnc1-c1ccoc1C. The van der Waals surface area contributed by atoms with Crippen LogP contribution in [-0.2, 0) is 11.3 Å². The van der Waals surface area contributed by atoms with Crippen molar-refractivity contribution in [2.24, 2.45) is 0 Å². The van der Waals surface area contributed by atoms with Gasteiger partial charge in [0.2, 0.25) is 5.91 Å². The lowest BCUT2D eigenvalue weighted by atomic mass is 10.2. The first-order valence-electron chi connectivity index (χ1n) is 8.29. The van der Waals surface area contributed by atoms with E-state index in [4.69, 9.17) is 4.42 Å². The van der Waals surface area contributed by atoms with Crippen LogP contribution in [0.15, 0.2) is 26.5 Å². The lowest BCUT2D eigenvalue weighted by Gasteiger charge is -2.09. The molecule has 0 bridgehead atoms. The Labute approximate surface area is 154 Å². The molecule has 1 amide bonds. The number of unbranched alkanes of at least 4 members (excludes halogenated alkanes) is 1. The van der Waals surface area contributed by atoms with Gasteiger partial charge < -0.3 is 14.3 Å². The van der Waals surface area contributed by atoms with E-state index in [9.17, 15) is 4.79 Å². The normalized spacial score (nSPS) is 11.0. The Morgan fingerprint density at radius 1 is 1.31 bits per heavy atom. The molecule has 0 spiro atoms. The predicted octanol–water partition coefficient (Wildman–Crippen LogP) is 3.07. The quantitative estimate of drug-likeness (QED) is 0.597. The van der Waals surface area contributed by atoms with Crippen LogP contribution in [0.2, 0.25) is 0 Å². The van der Waals surface area contributed by atoms with E-state index in [1.807, 2.05) is 17.6 Å². The second-order valence-electron chi connectivity index (χ2n) is 5.74. The molecule has 3 aromatic rings. The molecule has 0 fully saturated rings. The van der Waals surface area contributed by atoms with Crippen LogP contribution in [0, 0.1) is 13.8 Å². The van der Waals surface area contributed by atoms with Crippen LogP contribution in [0.25, 0.3) is 11.4 Å². The van der Waals surface area contributed by atoms with Crippen LogP contribution in [0.5, 0.6) is 0 Å². The Morgan fingerprint density at radius 2 is 2.15 bits per heavy atom. The second kappa shape index (κ2) is 8.17. The van der Waals surface area contributed by atoms with E-state index in [1.54, 1.807) is 13.2 Å². The molecule has 0 saturated carbocycles. The third kappa shape index (κ3) is 3.96. The van der Waals surface area contributed by atoms with Crippen LogP contribution in [0.4, 0.5) is 5.82 Å². The van der Waals surface area contributed by atoms with E-state index in [0.717, 1.165) is 36.5 Å². The molecule has 3 aromatic heterocycles. The molecule has 0 aliphatic carbocycles. The smallest absolute Gasteiger partial charge is 0.236 e. The molecule has 3 rings (SSSR count). The summed E-state index contributed by atoms with van der Waals surface area (Å²) in [6.45, 7) is 6.50. The number of hydrogen-bond acceptors (Lipinski definition) is 8. The van der Waals surface area contributed by atoms with Crippen molar-refractivity contribution in [1.82, 2.24) is 25.1 Å². The van der Waals surface area contributed by atoms with Gasteiger partial charge in [0.25, 0.3) is 0 Å². The van der Waals surface area contributed by atoms with Gasteiger partial charge in [-0.15, -0.1) is 10.2 Å². The molecule has 3 heterocycles. The summed E-state index contributed by atoms with van der Waals surface area (Å²) in [7, 11) is 0. The van der Waals surface area contributed by atoms with Gasteiger partial charge in [-0.3, -0.25) is 4.79 Å². The minimum absolute atomic E-state index is 0.181. The number of rotatable bonds is 8. The van der Waals surface area contributed by atoms with E-state index in [-0.39, 0.29) is 11.7 Å². The van der Waals surface area contributed by atoms with E-state index >= 15 is 0 Å². The maximum atomic E-state index is 12.1. The van der Waals surface area contributed by atoms with Gasteiger partial charge in [-0.25, -0.2) is 4.63 Å². The molecule has 0 unspecified atom stereocenters. The van der Waals surface area contributed by atoms with Crippen LogP contribution >= 0.6 is 11.8 Å². The highest BCUT2D eigenvalue weighted by atomic mass is 32.2. The molecule has 138 valence electrons. The summed E-state index contributed by atoms with van der Waals surface area (Å²) in [5, 5.41) is 19.2. The molecule has 26 heavy (non-hydrogen) atoms. The largest absolute Gasteiger partial charge is 0.469 e. The molecule has 0 saturated heterocycles. The molecule has 10 heteroatoms. The summed E-state index contributed by atoms with van der Waals surface area (Å²) in [6.07, 6.45) is 3.68. The standard InChI is InChI=1S/C16H20N6O3S/c1-4-5-7-22-15(12-6-8-24-11(12)3)18-19-16(22)26-9-13(23)17-14-10(2)20-25-21-14/h6,8H,4-5,7,9H2,1-3H3,(H,17,21,23). The highest BCUT2D eigenvalue weighted by Gasteiger charge is 2.18. The molecule has 1 N–H and O–H groups in total. The zero-order valence-electron chi connectivity index (χ0n) is 14.9. The average molecular weight is 376 g/mol. The molecule has 0 aliphatic heterocycles. The van der Waals surface area contributed by atoms with Crippen LogP contribution < -0.4 is 5.32 Å². The van der Waals surface area contributed by atoms with Crippen molar-refractivity contribution < 1.29 is 13.8 Å². The zero-order chi connectivity index (χ0) is 18.5. The van der Waals surface area contributed by atoms with Gasteiger partial charge >= 0.3 is 0 Å². The predicted molar refractivity (Wildman–Crippen MR) is 95.8 cm³/mol. The van der Waals surface area contributed by atoms with Gasteiger partial charge in [-0.05, 0) is 31.5 Å². The van der Waals surface area contributed by atoms with Crippen molar-refractivity contribution in [3.63, 3.8) is 0 Å². The maximum absolute atomic E-state index is 12.1. The third-order valence-corrected chi connectivity index (χ3v) is 4.76. The zero-order valence-corrected chi connectivity index (χ0v) is 15.7. The van der Waals surface area contributed by atoms with Crippen molar-refractivity contribution in [2.75, 3.05) is 11.1 Å². The second-order valence-corrected chi connectivity index (χ2v) is 6.68. The van der Waals surface area contributed by atoms with Crippen molar-refractivity contribution >= 4 is 23.5 Å². The Morgan fingerprint density at radius 3 is 2.81 bits per heavy atom. The van der Waals surface area contributed by atoms with Crippen LogP contribution in [-0.4, -0.2) is 36.7 Å². The van der Waals surface area contributed by atoms with Gasteiger partial charge in [0.05, 0.1) is 17.6 Å². The Bertz CT molecular complexity index is 884. The lowest BCUT2D eigenvalue weighted by Crippen LogP contribution is -2.15. The van der Waals surface area contributed by atoms with Gasteiger partial charge in [0, 0.05) is 6.54 Å². The first kappa shape index (κ1) is 18.2. The van der Waals surface area contributed by atoms with E-state index < -0.39 is 0 Å². The number of carbonyl (C=O) groups excluding carboxylic acids is 1. The van der Waals surface area contributed by atoms with Crippen LogP contribution in [0.3, 0.4) is 0 Å². The summed E-state index contributed by atoms with van der Waals surface area (Å²) in [5.74, 6) is 1.85. The molecule has 0 aromatic carbocycles. The molecular weight excluding hydrogens is 356 g/mol. The van der Waals surface area contributed by atoms with Crippen LogP contribution in [0.1, 0.15) is 31.2 Å². The van der Waals surface area contributed by atoms with Crippen molar-refractivity contribution in [2.45, 2.75) is 45.3 Å². The Hall–Kier alpha value is -2.62. The van der Waals surface area contributed by atoms with E-state index in [0.29, 0.717) is 16.7 Å². The molecule has 0 radical (unpaired) electrons. The number of nitrogens with zero attached hydrogens (tertiary/aromatic N) is 5. The summed E-state index contributed by atoms with van der Waals surface area (Å²) < 4.78 is 12.0. The fourth-order valence-corrected chi connectivity index (χ4v) is 3.14. The first-order valence-corrected chi connectivity index (χ1v) is 9.28. The van der Waals surface area contributed by atoms with Gasteiger partial charge in [-0.1, -0.05) is 30.3 Å². The molecule has 0 atom stereocenters. The minimum atomic E-state index is -0.208. The number of furan rings is 1. The fourth-order valence-electron chi connectivity index (χ4n) is 2.37. The fraction of sp³-hybridized carbons (Fsp3) is 0.438. The molecule has 0 aliphatic rings. The van der Waals surface area contributed by atoms with Gasteiger partial charge in [0.15, 0.2) is 16.8 Å². The highest BCUT2D eigenvalue weighted by Crippen LogP contribution is 2.27. The van der Waals surface area contributed by atoms with Crippen molar-refractivity contribution in [1.29, 1.82) is 0 Å². The number of carbonyl (C=O) groups is 1. The summed E-state index contributed by atoms with van der Waals surface area (Å²) in [5.41, 5.74) is 1.45. The number of nitrogens with one attached hydrogen (secondary N) is 1. The Balaban J connectivity index is 1.73. The maximum Gasteiger partial charge on any atom is 0.236 e. The number of hydrogen-bond donors (Lipinski definition) is 1. The number of anilines is 1. The number of amides is 1. The number of thioether (sulfide) groups is 1. The summed E-state index contributed by atoms with van der Waals surface area (Å²) >= 11 is 1.33. The van der Waals surface area contributed by atoms with E-state index in [1.165, 1.54) is 11.8 Å². The number of aryl methyl sites for hydroxylation is 2. The van der Waals surface area contributed by atoms with Gasteiger partial charge in [-0.2, -0.15) is 0 Å². The monoisotopic (exact) mass is 376 g/mol. The van der Waals surface area contributed by atoms with Gasteiger partial charge in [0.1, 0.15) is 11.5 Å². The Kier molecular flexibility index (Phi) is 5.71. The summed E-state index contributed by atoms with van der Waals surface area (Å²) in [4.78, 5) is 12.1. The number of aromatic nitrogens is 5. The topological polar surface area (TPSA) is 112 Å². The average Bonchev–Trinajstić information content (AvgIpc) is 3.32. The lowest BCUT2D eigenvalue weighted by molar-refractivity contribution is -0.113. The highest BCUT2D eigenvalue weighted by molar-refractivity contribution is 7.99. The summed E-state index contributed by atoms with van der Waals surface area (Å²) in [6, 6.07) is 1.88. The molecular formula is C16H20N6O3S. The van der Waals surface area contributed by atoms with Crippen molar-refractivity contribution in [3.05, 3.63) is 23.8 Å². The minimum Gasteiger partial charge on any atom is -0.469 e. The molecule has 9 nitrogen and oxygen atoms in total. The first-order chi connectivity index (χ1) is 12.6. The van der Waals surface area contributed by atoms with Crippen molar-refractivity contribution in [3.8, 4) is 11.4 Å². The van der Waals surface area contributed by atoms with E-state index in [2.05, 4.69) is 37.4 Å². The third-order valence-electron chi connectivity index (χ3n) is 3.79.